The number of alkyl halides is 3. The molecule has 0 bridgehead atoms. The average Bonchev–Trinajstić information content (AvgIpc) is 3.04. The number of hydrogen-bond donors (Lipinski definition) is 1. The van der Waals surface area contributed by atoms with Crippen LogP contribution < -0.4 is 9.64 Å². The van der Waals surface area contributed by atoms with Gasteiger partial charge in [0.2, 0.25) is 0 Å². The SMILES string of the molecule is FC(F)(F)Oc1ccc2[nH]nc(-c3ccnc(N4CCOCC4)c3)c2c1. The van der Waals surface area contributed by atoms with Crippen LogP contribution in [0.5, 0.6) is 5.75 Å². The third kappa shape index (κ3) is 3.43. The maximum Gasteiger partial charge on any atom is 0.573 e. The topological polar surface area (TPSA) is 63.3 Å². The molecule has 26 heavy (non-hydrogen) atoms. The molecule has 2 aromatic heterocycles. The molecule has 1 N–H and O–H groups in total. The summed E-state index contributed by atoms with van der Waals surface area (Å²) in [4.78, 5) is 6.48. The number of morpholine rings is 1. The lowest BCUT2D eigenvalue weighted by Crippen LogP contribution is -2.36. The fourth-order valence-electron chi connectivity index (χ4n) is 2.94. The number of anilines is 1. The highest BCUT2D eigenvalue weighted by molar-refractivity contribution is 5.94. The minimum atomic E-state index is -4.74. The second-order valence-electron chi connectivity index (χ2n) is 5.83. The van der Waals surface area contributed by atoms with Crippen LogP contribution in [0.1, 0.15) is 0 Å². The number of benzene rings is 1. The van der Waals surface area contributed by atoms with Gasteiger partial charge in [0.15, 0.2) is 0 Å². The molecular formula is C17H15F3N4O2. The summed E-state index contributed by atoms with van der Waals surface area (Å²) >= 11 is 0. The van der Waals surface area contributed by atoms with Crippen LogP contribution in [0.25, 0.3) is 22.2 Å². The molecule has 1 fully saturated rings. The predicted octanol–water partition coefficient (Wildman–Crippen LogP) is 3.36. The zero-order chi connectivity index (χ0) is 18.1. The van der Waals surface area contributed by atoms with Crippen LogP contribution in [0.3, 0.4) is 0 Å². The van der Waals surface area contributed by atoms with Crippen LogP contribution >= 0.6 is 0 Å². The molecule has 9 heteroatoms. The molecule has 6 nitrogen and oxygen atoms in total. The van der Waals surface area contributed by atoms with Crippen LogP contribution in [0.4, 0.5) is 19.0 Å². The Labute approximate surface area is 146 Å². The van der Waals surface area contributed by atoms with Crippen molar-refractivity contribution in [1.82, 2.24) is 15.2 Å². The molecule has 0 saturated carbocycles. The second-order valence-corrected chi connectivity index (χ2v) is 5.83. The number of halogens is 3. The van der Waals surface area contributed by atoms with Crippen molar-refractivity contribution in [3.8, 4) is 17.0 Å². The average molecular weight is 364 g/mol. The Balaban J connectivity index is 1.71. The van der Waals surface area contributed by atoms with E-state index in [9.17, 15) is 13.2 Å². The Hall–Kier alpha value is -2.81. The van der Waals surface area contributed by atoms with Gasteiger partial charge in [-0.2, -0.15) is 5.10 Å². The summed E-state index contributed by atoms with van der Waals surface area (Å²) in [6.07, 6.45) is -3.07. The Morgan fingerprint density at radius 2 is 1.92 bits per heavy atom. The summed E-state index contributed by atoms with van der Waals surface area (Å²) < 4.78 is 46.8. The normalized spacial score (nSPS) is 15.4. The van der Waals surface area contributed by atoms with Gasteiger partial charge in [-0.05, 0) is 30.3 Å². The van der Waals surface area contributed by atoms with Crippen LogP contribution in [-0.2, 0) is 4.74 Å². The molecular weight excluding hydrogens is 349 g/mol. The number of pyridine rings is 1. The molecule has 4 rings (SSSR count). The van der Waals surface area contributed by atoms with Crippen LogP contribution in [0.15, 0.2) is 36.5 Å². The van der Waals surface area contributed by atoms with Gasteiger partial charge in [0, 0.05) is 30.2 Å². The highest BCUT2D eigenvalue weighted by Crippen LogP contribution is 2.32. The van der Waals surface area contributed by atoms with Gasteiger partial charge in [-0.25, -0.2) is 4.98 Å². The highest BCUT2D eigenvalue weighted by atomic mass is 19.4. The lowest BCUT2D eigenvalue weighted by Gasteiger charge is -2.27. The van der Waals surface area contributed by atoms with Gasteiger partial charge < -0.3 is 14.4 Å². The van der Waals surface area contributed by atoms with Gasteiger partial charge in [-0.1, -0.05) is 0 Å². The van der Waals surface area contributed by atoms with E-state index in [4.69, 9.17) is 4.74 Å². The summed E-state index contributed by atoms with van der Waals surface area (Å²) in [5.41, 5.74) is 1.93. The molecule has 1 aliphatic rings. The summed E-state index contributed by atoms with van der Waals surface area (Å²) in [6.45, 7) is 2.74. The Bertz CT molecular complexity index is 920. The summed E-state index contributed by atoms with van der Waals surface area (Å²) in [6, 6.07) is 7.74. The van der Waals surface area contributed by atoms with Crippen LogP contribution in [0, 0.1) is 0 Å². The first-order valence-electron chi connectivity index (χ1n) is 8.03. The van der Waals surface area contributed by atoms with E-state index < -0.39 is 6.36 Å². The first-order chi connectivity index (χ1) is 12.5. The summed E-state index contributed by atoms with van der Waals surface area (Å²) in [7, 11) is 0. The van der Waals surface area contributed by atoms with Crippen molar-refractivity contribution in [3.63, 3.8) is 0 Å². The van der Waals surface area contributed by atoms with Crippen molar-refractivity contribution in [3.05, 3.63) is 36.5 Å². The van der Waals surface area contributed by atoms with E-state index in [0.29, 0.717) is 29.8 Å². The molecule has 0 atom stereocenters. The third-order valence-electron chi connectivity index (χ3n) is 4.12. The van der Waals surface area contributed by atoms with Crippen molar-refractivity contribution in [2.45, 2.75) is 6.36 Å². The van der Waals surface area contributed by atoms with E-state index in [2.05, 4.69) is 24.8 Å². The van der Waals surface area contributed by atoms with Crippen molar-refractivity contribution in [2.24, 2.45) is 0 Å². The van der Waals surface area contributed by atoms with Crippen molar-refractivity contribution in [2.75, 3.05) is 31.2 Å². The van der Waals surface area contributed by atoms with Gasteiger partial charge in [0.05, 0.1) is 18.7 Å². The van der Waals surface area contributed by atoms with Gasteiger partial charge in [-0.3, -0.25) is 5.10 Å². The quantitative estimate of drug-likeness (QED) is 0.772. The molecule has 3 heterocycles. The van der Waals surface area contributed by atoms with Gasteiger partial charge in [0.25, 0.3) is 0 Å². The molecule has 3 aromatic rings. The number of nitrogens with one attached hydrogen (secondary N) is 1. The van der Waals surface area contributed by atoms with E-state index in [1.807, 2.05) is 6.07 Å². The monoisotopic (exact) mass is 364 g/mol. The van der Waals surface area contributed by atoms with Crippen LogP contribution in [-0.4, -0.2) is 47.8 Å². The zero-order valence-electron chi connectivity index (χ0n) is 13.6. The molecule has 0 aliphatic carbocycles. The molecule has 0 amide bonds. The van der Waals surface area contributed by atoms with Crippen molar-refractivity contribution >= 4 is 16.7 Å². The third-order valence-corrected chi connectivity index (χ3v) is 4.12. The molecule has 1 aliphatic heterocycles. The molecule has 1 saturated heterocycles. The molecule has 0 radical (unpaired) electrons. The number of hydrogen-bond acceptors (Lipinski definition) is 5. The number of fused-ring (bicyclic) bond motifs is 1. The maximum absolute atomic E-state index is 12.5. The highest BCUT2D eigenvalue weighted by Gasteiger charge is 2.31. The standard InChI is InChI=1S/C17H15F3N4O2/c18-17(19,20)26-12-1-2-14-13(10-12)16(23-22-14)11-3-4-21-15(9-11)24-5-7-25-8-6-24/h1-4,9-10H,5-8H2,(H,22,23). The summed E-state index contributed by atoms with van der Waals surface area (Å²) in [5, 5.41) is 7.64. The number of ether oxygens (including phenoxy) is 2. The number of aromatic nitrogens is 3. The number of aromatic amines is 1. The first-order valence-corrected chi connectivity index (χ1v) is 8.03. The van der Waals surface area contributed by atoms with Crippen molar-refractivity contribution in [1.29, 1.82) is 0 Å². The first kappa shape index (κ1) is 16.6. The lowest BCUT2D eigenvalue weighted by molar-refractivity contribution is -0.274. The Morgan fingerprint density at radius 3 is 2.69 bits per heavy atom. The number of H-pyrrole nitrogens is 1. The largest absolute Gasteiger partial charge is 0.573 e. The summed E-state index contributed by atoms with van der Waals surface area (Å²) in [5.74, 6) is 0.500. The van der Waals surface area contributed by atoms with E-state index >= 15 is 0 Å². The molecule has 136 valence electrons. The van der Waals surface area contributed by atoms with E-state index in [1.165, 1.54) is 18.2 Å². The molecule has 1 aromatic carbocycles. The fourth-order valence-corrected chi connectivity index (χ4v) is 2.94. The van der Waals surface area contributed by atoms with Crippen LogP contribution in [0.2, 0.25) is 0 Å². The Kier molecular flexibility index (Phi) is 4.15. The van der Waals surface area contributed by atoms with Gasteiger partial charge in [0.1, 0.15) is 17.3 Å². The second kappa shape index (κ2) is 6.49. The predicted molar refractivity (Wildman–Crippen MR) is 89.0 cm³/mol. The molecule has 0 unspecified atom stereocenters. The minimum Gasteiger partial charge on any atom is -0.406 e. The van der Waals surface area contributed by atoms with E-state index in [0.717, 1.165) is 24.5 Å². The number of rotatable bonds is 3. The number of nitrogens with zero attached hydrogens (tertiary/aromatic N) is 3. The molecule has 0 spiro atoms. The Morgan fingerprint density at radius 1 is 1.12 bits per heavy atom. The van der Waals surface area contributed by atoms with Crippen molar-refractivity contribution < 1.29 is 22.6 Å². The zero-order valence-corrected chi connectivity index (χ0v) is 13.6. The van der Waals surface area contributed by atoms with E-state index in [1.54, 1.807) is 12.3 Å². The fraction of sp³-hybridized carbons (Fsp3) is 0.294. The minimum absolute atomic E-state index is 0.282. The smallest absolute Gasteiger partial charge is 0.406 e. The maximum atomic E-state index is 12.5. The van der Waals surface area contributed by atoms with Gasteiger partial charge >= 0.3 is 6.36 Å². The van der Waals surface area contributed by atoms with E-state index in [-0.39, 0.29) is 5.75 Å². The van der Waals surface area contributed by atoms with Gasteiger partial charge in [-0.15, -0.1) is 13.2 Å². The lowest BCUT2D eigenvalue weighted by atomic mass is 10.1.